The second kappa shape index (κ2) is 5.28. The van der Waals surface area contributed by atoms with Crippen LogP contribution in [0.15, 0.2) is 4.47 Å². The van der Waals surface area contributed by atoms with E-state index in [1.54, 1.807) is 0 Å². The van der Waals surface area contributed by atoms with Gasteiger partial charge in [0.2, 0.25) is 0 Å². The van der Waals surface area contributed by atoms with Gasteiger partial charge in [0.1, 0.15) is 11.0 Å². The Hall–Kier alpha value is -0.230. The monoisotopic (exact) mass is 344 g/mol. The summed E-state index contributed by atoms with van der Waals surface area (Å²) in [4.78, 5) is 14.2. The van der Waals surface area contributed by atoms with Gasteiger partial charge in [0, 0.05) is 32.7 Å². The second-order valence-electron chi connectivity index (χ2n) is 5.58. The summed E-state index contributed by atoms with van der Waals surface area (Å²) in [5.74, 6) is 1.21. The lowest BCUT2D eigenvalue weighted by molar-refractivity contribution is 0.00853. The van der Waals surface area contributed by atoms with E-state index in [0.717, 1.165) is 48.7 Å². The van der Waals surface area contributed by atoms with Crippen molar-refractivity contribution < 1.29 is 0 Å². The molecule has 2 bridgehead atoms. The van der Waals surface area contributed by atoms with Gasteiger partial charge in [0.05, 0.1) is 16.2 Å². The zero-order chi connectivity index (χ0) is 13.6. The molecule has 104 valence electrons. The zero-order valence-electron chi connectivity index (χ0n) is 11.2. The van der Waals surface area contributed by atoms with E-state index >= 15 is 0 Å². The highest BCUT2D eigenvalue weighted by molar-refractivity contribution is 9.10. The molecule has 0 aliphatic carbocycles. The fourth-order valence-electron chi connectivity index (χ4n) is 2.85. The average molecular weight is 346 g/mol. The van der Waals surface area contributed by atoms with Gasteiger partial charge in [0.15, 0.2) is 0 Å². The minimum absolute atomic E-state index is 0.297. The molecule has 19 heavy (non-hydrogen) atoms. The number of piperazine rings is 3. The molecule has 3 aliphatic heterocycles. The van der Waals surface area contributed by atoms with Gasteiger partial charge in [0.25, 0.3) is 0 Å². The number of aromatic nitrogens is 2. The Morgan fingerprint density at radius 2 is 1.89 bits per heavy atom. The zero-order valence-corrected chi connectivity index (χ0v) is 13.6. The van der Waals surface area contributed by atoms with Gasteiger partial charge in [-0.1, -0.05) is 25.4 Å². The van der Waals surface area contributed by atoms with Crippen LogP contribution in [-0.4, -0.2) is 52.5 Å². The van der Waals surface area contributed by atoms with Crippen LogP contribution in [0.4, 0.5) is 0 Å². The molecule has 3 saturated heterocycles. The van der Waals surface area contributed by atoms with E-state index in [9.17, 15) is 0 Å². The van der Waals surface area contributed by atoms with Crippen LogP contribution in [0.5, 0.6) is 0 Å². The lowest BCUT2D eigenvalue weighted by atomic mass is 10.1. The summed E-state index contributed by atoms with van der Waals surface area (Å²) in [6.07, 6.45) is 0. The summed E-state index contributed by atoms with van der Waals surface area (Å²) in [5.41, 5.74) is 1.01. The maximum Gasteiger partial charge on any atom is 0.148 e. The molecule has 0 spiro atoms. The van der Waals surface area contributed by atoms with Crippen molar-refractivity contribution in [1.82, 2.24) is 19.8 Å². The molecule has 0 N–H and O–H groups in total. The van der Waals surface area contributed by atoms with Crippen molar-refractivity contribution in [2.24, 2.45) is 0 Å². The van der Waals surface area contributed by atoms with Crippen molar-refractivity contribution >= 4 is 27.5 Å². The minimum atomic E-state index is 0.297. The van der Waals surface area contributed by atoms with Crippen molar-refractivity contribution in [2.45, 2.75) is 25.8 Å². The highest BCUT2D eigenvalue weighted by atomic mass is 79.9. The van der Waals surface area contributed by atoms with Gasteiger partial charge in [-0.3, -0.25) is 9.80 Å². The Kier molecular flexibility index (Phi) is 3.82. The second-order valence-corrected chi connectivity index (χ2v) is 6.73. The molecule has 0 aromatic carbocycles. The molecule has 1 aromatic heterocycles. The van der Waals surface area contributed by atoms with E-state index < -0.39 is 0 Å². The Morgan fingerprint density at radius 3 is 2.42 bits per heavy atom. The quantitative estimate of drug-likeness (QED) is 0.772. The molecule has 0 saturated carbocycles. The molecule has 4 heterocycles. The van der Waals surface area contributed by atoms with E-state index in [2.05, 4.69) is 44.6 Å². The molecule has 1 unspecified atom stereocenters. The van der Waals surface area contributed by atoms with Crippen LogP contribution in [-0.2, 0) is 0 Å². The maximum atomic E-state index is 6.25. The third-order valence-corrected chi connectivity index (χ3v) is 5.26. The Bertz CT molecular complexity index is 486. The molecule has 3 fully saturated rings. The lowest BCUT2D eigenvalue weighted by Gasteiger charge is -2.46. The molecule has 1 atom stereocenters. The van der Waals surface area contributed by atoms with Crippen LogP contribution < -0.4 is 0 Å². The third-order valence-electron chi connectivity index (χ3n) is 3.98. The van der Waals surface area contributed by atoms with Crippen LogP contribution in [0.3, 0.4) is 0 Å². The largest absolute Gasteiger partial charge is 0.299 e. The molecule has 3 aliphatic rings. The van der Waals surface area contributed by atoms with Crippen molar-refractivity contribution in [3.8, 4) is 0 Å². The first-order valence-electron chi connectivity index (χ1n) is 6.75. The number of fused-ring (bicyclic) bond motifs is 3. The van der Waals surface area contributed by atoms with Crippen LogP contribution in [0.1, 0.15) is 37.3 Å². The van der Waals surface area contributed by atoms with Crippen LogP contribution in [0.25, 0.3) is 0 Å². The predicted molar refractivity (Wildman–Crippen MR) is 79.6 cm³/mol. The van der Waals surface area contributed by atoms with E-state index in [1.807, 2.05) is 0 Å². The smallest absolute Gasteiger partial charge is 0.148 e. The number of halogens is 2. The van der Waals surface area contributed by atoms with Gasteiger partial charge < -0.3 is 0 Å². The van der Waals surface area contributed by atoms with Gasteiger partial charge in [-0.25, -0.2) is 9.97 Å². The fourth-order valence-corrected chi connectivity index (χ4v) is 3.67. The molecule has 1 aromatic rings. The molecule has 0 radical (unpaired) electrons. The van der Waals surface area contributed by atoms with E-state index in [0.29, 0.717) is 17.1 Å². The predicted octanol–water partition coefficient (Wildman–Crippen LogP) is 2.69. The Morgan fingerprint density at radius 1 is 1.21 bits per heavy atom. The Labute approximate surface area is 127 Å². The first-order chi connectivity index (χ1) is 9.06. The van der Waals surface area contributed by atoms with Gasteiger partial charge in [-0.2, -0.15) is 0 Å². The number of rotatable bonds is 2. The van der Waals surface area contributed by atoms with Crippen molar-refractivity contribution in [1.29, 1.82) is 0 Å². The molecule has 0 amide bonds. The lowest BCUT2D eigenvalue weighted by Crippen LogP contribution is -2.57. The maximum absolute atomic E-state index is 6.25. The summed E-state index contributed by atoms with van der Waals surface area (Å²) >= 11 is 9.75. The van der Waals surface area contributed by atoms with E-state index in [1.165, 1.54) is 0 Å². The van der Waals surface area contributed by atoms with E-state index in [4.69, 9.17) is 16.6 Å². The number of nitrogens with zero attached hydrogens (tertiary/aromatic N) is 4. The topological polar surface area (TPSA) is 32.3 Å². The highest BCUT2D eigenvalue weighted by Crippen LogP contribution is 2.33. The summed E-state index contributed by atoms with van der Waals surface area (Å²) in [5, 5.41) is 0.534. The van der Waals surface area contributed by atoms with Crippen LogP contribution in [0.2, 0.25) is 5.15 Å². The summed E-state index contributed by atoms with van der Waals surface area (Å²) in [6, 6.07) is 0.297. The van der Waals surface area contributed by atoms with Gasteiger partial charge in [-0.05, 0) is 21.8 Å². The Balaban J connectivity index is 1.97. The third kappa shape index (κ3) is 2.53. The van der Waals surface area contributed by atoms with Gasteiger partial charge >= 0.3 is 0 Å². The molecule has 4 nitrogen and oxygen atoms in total. The SMILES string of the molecule is CC(C)c1nc(C2CN3CCN2CC3)nc(Cl)c1Br. The van der Waals surface area contributed by atoms with Crippen molar-refractivity contribution in [3.05, 3.63) is 21.1 Å². The standard InChI is InChI=1S/C13H18BrClN4/c1-8(2)11-10(14)12(15)17-13(16-11)9-7-18-3-5-19(9)6-4-18/h8-9H,3-7H2,1-2H3. The molecular formula is C13H18BrClN4. The average Bonchev–Trinajstić information content (AvgIpc) is 2.42. The first kappa shape index (κ1) is 13.7. The summed E-state index contributed by atoms with van der Waals surface area (Å²) in [6.45, 7) is 9.83. The van der Waals surface area contributed by atoms with E-state index in [-0.39, 0.29) is 0 Å². The van der Waals surface area contributed by atoms with Crippen LogP contribution in [0, 0.1) is 0 Å². The number of hydrogen-bond acceptors (Lipinski definition) is 4. The highest BCUT2D eigenvalue weighted by Gasteiger charge is 2.35. The number of hydrogen-bond donors (Lipinski definition) is 0. The van der Waals surface area contributed by atoms with Crippen molar-refractivity contribution in [3.63, 3.8) is 0 Å². The van der Waals surface area contributed by atoms with Crippen molar-refractivity contribution in [2.75, 3.05) is 32.7 Å². The summed E-state index contributed by atoms with van der Waals surface area (Å²) in [7, 11) is 0. The molecular weight excluding hydrogens is 328 g/mol. The minimum Gasteiger partial charge on any atom is -0.299 e. The van der Waals surface area contributed by atoms with Crippen LogP contribution >= 0.6 is 27.5 Å². The molecule has 4 rings (SSSR count). The van der Waals surface area contributed by atoms with Gasteiger partial charge in [-0.15, -0.1) is 0 Å². The first-order valence-corrected chi connectivity index (χ1v) is 7.92. The fraction of sp³-hybridized carbons (Fsp3) is 0.692. The summed E-state index contributed by atoms with van der Waals surface area (Å²) < 4.78 is 0.837. The molecule has 6 heteroatoms. The normalized spacial score (nSPS) is 30.1.